The van der Waals surface area contributed by atoms with Crippen molar-refractivity contribution in [1.29, 1.82) is 0 Å². The minimum Gasteiger partial charge on any atom is -0.508 e. The number of phosphoric acid groups is 1. The van der Waals surface area contributed by atoms with Crippen LogP contribution in [0, 0.1) is 0 Å². The molecule has 1 atom stereocenters. The number of cyclic esters (lactones) is 1. The summed E-state index contributed by atoms with van der Waals surface area (Å²) < 4.78 is 21.5. The molecule has 10 heteroatoms. The molecule has 3 aromatic carbocycles. The molecule has 0 fully saturated rings. The summed E-state index contributed by atoms with van der Waals surface area (Å²) in [5, 5.41) is 9.65. The van der Waals surface area contributed by atoms with Gasteiger partial charge in [-0.05, 0) is 30.3 Å². The Labute approximate surface area is 216 Å². The van der Waals surface area contributed by atoms with Gasteiger partial charge in [-0.3, -0.25) is 9.79 Å². The molecule has 0 spiro atoms. The molecule has 0 saturated heterocycles. The third kappa shape index (κ3) is 4.70. The number of phosphoric ester groups is 1. The third-order valence-corrected chi connectivity index (χ3v) is 4.98. The fraction of sp³-hybridized carbons (Fsp3) is 0.0500. The Morgan fingerprint density at radius 3 is 1.93 bits per heavy atom. The van der Waals surface area contributed by atoms with E-state index in [0.29, 0.717) is 22.3 Å². The van der Waals surface area contributed by atoms with Crippen molar-refractivity contribution < 1.29 is 33.5 Å². The zero-order valence-electron chi connectivity index (χ0n) is 16.4. The maximum absolute atomic E-state index is 12.5. The normalized spacial score (nSPS) is 17.2. The van der Waals surface area contributed by atoms with Crippen LogP contribution in [0.15, 0.2) is 72.8 Å². The van der Waals surface area contributed by atoms with Gasteiger partial charge in [0.1, 0.15) is 11.5 Å². The smallest absolute Gasteiger partial charge is 0.508 e. The predicted molar refractivity (Wildman–Crippen MR) is 110 cm³/mol. The van der Waals surface area contributed by atoms with Gasteiger partial charge in [-0.1, -0.05) is 42.5 Å². The van der Waals surface area contributed by atoms with Crippen LogP contribution in [-0.4, -0.2) is 80.0 Å². The monoisotopic (exact) mass is 444 g/mol. The summed E-state index contributed by atoms with van der Waals surface area (Å²) in [6.45, 7) is 0. The van der Waals surface area contributed by atoms with Crippen molar-refractivity contribution in [2.45, 2.75) is 5.60 Å². The topological polar surface area (TPSA) is 113 Å². The summed E-state index contributed by atoms with van der Waals surface area (Å²) >= 11 is 0. The van der Waals surface area contributed by atoms with E-state index in [0.717, 1.165) is 0 Å². The number of rotatable bonds is 4. The number of phenols is 1. The first-order valence-corrected chi connectivity index (χ1v) is 9.81. The average Bonchev–Trinajstić information content (AvgIpc) is 2.96. The number of benzene rings is 3. The van der Waals surface area contributed by atoms with Crippen LogP contribution < -0.4 is 4.52 Å². The number of fused-ring (bicyclic) bond motifs is 1. The second-order valence-electron chi connectivity index (χ2n) is 6.27. The van der Waals surface area contributed by atoms with Crippen molar-refractivity contribution in [3.05, 3.63) is 95.1 Å². The molecule has 3 N–H and O–H groups in total. The molecule has 7 nitrogen and oxygen atoms in total. The van der Waals surface area contributed by atoms with Gasteiger partial charge in [0.2, 0.25) is 0 Å². The van der Waals surface area contributed by atoms with Gasteiger partial charge in [-0.15, -0.1) is 0 Å². The first-order chi connectivity index (χ1) is 13.3. The summed E-state index contributed by atoms with van der Waals surface area (Å²) in [6, 6.07) is 19.2. The van der Waals surface area contributed by atoms with E-state index < -0.39 is 19.4 Å². The molecular formula is C20H15Na2O7P. The van der Waals surface area contributed by atoms with Crippen LogP contribution in [0.4, 0.5) is 0 Å². The molecule has 0 aromatic heterocycles. The molecule has 1 unspecified atom stereocenters. The second-order valence-corrected chi connectivity index (χ2v) is 7.43. The molecule has 1 aliphatic rings. The van der Waals surface area contributed by atoms with Crippen molar-refractivity contribution in [1.82, 2.24) is 0 Å². The molecule has 3 aromatic rings. The number of carbonyl (C=O) groups excluding carboxylic acids is 1. The SMILES string of the molecule is O=C1OC(c2ccc(O)cc2)(c2ccc(OP(=O)(O)O)cc2)c2ccccc21.[Na].[Na]. The van der Waals surface area contributed by atoms with Gasteiger partial charge in [0, 0.05) is 75.8 Å². The Morgan fingerprint density at radius 2 is 1.37 bits per heavy atom. The van der Waals surface area contributed by atoms with Gasteiger partial charge in [0.05, 0.1) is 5.56 Å². The Balaban J connectivity index is 0.00000160. The van der Waals surface area contributed by atoms with E-state index in [1.54, 1.807) is 48.5 Å². The first kappa shape index (κ1) is 25.1. The van der Waals surface area contributed by atoms with Crippen molar-refractivity contribution in [3.63, 3.8) is 0 Å². The minimum atomic E-state index is -4.68. The van der Waals surface area contributed by atoms with Crippen LogP contribution in [-0.2, 0) is 14.9 Å². The summed E-state index contributed by atoms with van der Waals surface area (Å²) in [5.41, 5.74) is 0.976. The summed E-state index contributed by atoms with van der Waals surface area (Å²) in [7, 11) is -4.68. The van der Waals surface area contributed by atoms with E-state index in [-0.39, 0.29) is 70.6 Å². The van der Waals surface area contributed by atoms with Gasteiger partial charge in [-0.25, -0.2) is 9.36 Å². The maximum Gasteiger partial charge on any atom is 0.524 e. The average molecular weight is 444 g/mol. The molecular weight excluding hydrogens is 429 g/mol. The van der Waals surface area contributed by atoms with Crippen LogP contribution in [0.1, 0.15) is 27.0 Å². The summed E-state index contributed by atoms with van der Waals surface area (Å²) in [6.07, 6.45) is 0. The molecule has 144 valence electrons. The Morgan fingerprint density at radius 1 is 0.833 bits per heavy atom. The first-order valence-electron chi connectivity index (χ1n) is 8.28. The van der Waals surface area contributed by atoms with E-state index in [4.69, 9.17) is 14.5 Å². The third-order valence-electron chi connectivity index (χ3n) is 4.53. The van der Waals surface area contributed by atoms with E-state index >= 15 is 0 Å². The van der Waals surface area contributed by atoms with Crippen LogP contribution in [0.5, 0.6) is 11.5 Å². The van der Waals surface area contributed by atoms with Crippen LogP contribution in [0.3, 0.4) is 0 Å². The molecule has 30 heavy (non-hydrogen) atoms. The molecule has 4 rings (SSSR count). The summed E-state index contributed by atoms with van der Waals surface area (Å²) in [4.78, 5) is 30.5. The van der Waals surface area contributed by atoms with E-state index in [1.807, 2.05) is 0 Å². The van der Waals surface area contributed by atoms with Gasteiger partial charge < -0.3 is 14.4 Å². The number of hydrogen-bond acceptors (Lipinski definition) is 5. The number of carbonyl (C=O) groups is 1. The molecule has 0 amide bonds. The summed E-state index contributed by atoms with van der Waals surface area (Å²) in [5.74, 6) is -0.434. The van der Waals surface area contributed by atoms with Gasteiger partial charge in [0.15, 0.2) is 5.60 Å². The van der Waals surface area contributed by atoms with Gasteiger partial charge in [-0.2, -0.15) is 0 Å². The molecule has 2 radical (unpaired) electrons. The standard InChI is InChI=1S/C20H15O7P.2Na/c21-15-9-5-13(6-10-15)20(18-4-2-1-3-17(18)19(22)26-20)14-7-11-16(12-8-14)27-28(23,24)25;;/h1-12,21H,(H2,23,24,25);;. The number of phenolic OH excluding ortho intramolecular Hbond substituents is 1. The van der Waals surface area contributed by atoms with Crippen LogP contribution in [0.25, 0.3) is 0 Å². The van der Waals surface area contributed by atoms with Gasteiger partial charge >= 0.3 is 13.8 Å². The number of esters is 1. The maximum atomic E-state index is 12.5. The largest absolute Gasteiger partial charge is 0.524 e. The number of aromatic hydroxyl groups is 1. The van der Waals surface area contributed by atoms with Crippen molar-refractivity contribution in [3.8, 4) is 11.5 Å². The van der Waals surface area contributed by atoms with Crippen molar-refractivity contribution in [2.24, 2.45) is 0 Å². The Bertz CT molecular complexity index is 1100. The molecule has 0 bridgehead atoms. The van der Waals surface area contributed by atoms with Gasteiger partial charge in [0.25, 0.3) is 0 Å². The van der Waals surface area contributed by atoms with Crippen LogP contribution in [0.2, 0.25) is 0 Å². The Kier molecular flexibility index (Phi) is 8.02. The van der Waals surface area contributed by atoms with E-state index in [9.17, 15) is 14.5 Å². The molecule has 1 heterocycles. The molecule has 0 aliphatic carbocycles. The predicted octanol–water partition coefficient (Wildman–Crippen LogP) is 2.56. The van der Waals surface area contributed by atoms with E-state index in [2.05, 4.69) is 4.52 Å². The molecule has 0 saturated carbocycles. The minimum absolute atomic E-state index is 0. The second kappa shape index (κ2) is 9.57. The zero-order valence-corrected chi connectivity index (χ0v) is 21.2. The van der Waals surface area contributed by atoms with E-state index in [1.165, 1.54) is 24.3 Å². The molecule has 1 aliphatic heterocycles. The van der Waals surface area contributed by atoms with Crippen molar-refractivity contribution >= 4 is 72.9 Å². The number of ether oxygens (including phenoxy) is 1. The Hall–Kier alpha value is -1.12. The van der Waals surface area contributed by atoms with Crippen LogP contribution >= 0.6 is 7.82 Å². The zero-order chi connectivity index (χ0) is 19.9. The fourth-order valence-electron chi connectivity index (χ4n) is 3.40. The van der Waals surface area contributed by atoms with Crippen molar-refractivity contribution in [2.75, 3.05) is 0 Å². The number of hydrogen-bond donors (Lipinski definition) is 3. The fourth-order valence-corrected chi connectivity index (χ4v) is 3.79. The quantitative estimate of drug-likeness (QED) is 0.322.